The first-order valence-electron chi connectivity index (χ1n) is 9.28. The highest BCUT2D eigenvalue weighted by Crippen LogP contribution is 2.31. The molecule has 0 saturated carbocycles. The van der Waals surface area contributed by atoms with E-state index in [2.05, 4.69) is 10.6 Å². The maximum absolute atomic E-state index is 12.3. The fraction of sp³-hybridized carbons (Fsp3) is 0.286. The molecular weight excluding hydrogens is 358 g/mol. The Labute approximate surface area is 163 Å². The van der Waals surface area contributed by atoms with E-state index in [0.717, 1.165) is 23.2 Å². The van der Waals surface area contributed by atoms with Gasteiger partial charge in [0.15, 0.2) is 0 Å². The van der Waals surface area contributed by atoms with E-state index < -0.39 is 5.97 Å². The Kier molecular flexibility index (Phi) is 5.93. The van der Waals surface area contributed by atoms with Crippen LogP contribution in [0, 0.1) is 0 Å². The normalized spacial score (nSPS) is 12.4. The van der Waals surface area contributed by atoms with Crippen LogP contribution in [0.4, 0.5) is 16.2 Å². The molecule has 0 atom stereocenters. The molecular formula is C21H23N3O4. The molecule has 1 aliphatic rings. The smallest absolute Gasteiger partial charge is 0.335 e. The summed E-state index contributed by atoms with van der Waals surface area (Å²) in [6, 6.07) is 12.0. The second kappa shape index (κ2) is 8.56. The number of rotatable bonds is 6. The summed E-state index contributed by atoms with van der Waals surface area (Å²) >= 11 is 0. The zero-order valence-electron chi connectivity index (χ0n) is 15.7. The molecule has 146 valence electrons. The maximum atomic E-state index is 12.3. The summed E-state index contributed by atoms with van der Waals surface area (Å²) in [6.07, 6.45) is 1.60. The van der Waals surface area contributed by atoms with Crippen LogP contribution in [0.5, 0.6) is 0 Å². The van der Waals surface area contributed by atoms with E-state index in [1.807, 2.05) is 25.1 Å². The number of carbonyl (C=O) groups is 3. The van der Waals surface area contributed by atoms with Crippen LogP contribution in [0.1, 0.15) is 34.8 Å². The predicted molar refractivity (Wildman–Crippen MR) is 107 cm³/mol. The Morgan fingerprint density at radius 2 is 1.86 bits per heavy atom. The number of carbonyl (C=O) groups excluding carboxylic acids is 2. The van der Waals surface area contributed by atoms with Crippen LogP contribution in [-0.2, 0) is 17.6 Å². The van der Waals surface area contributed by atoms with Crippen molar-refractivity contribution >= 4 is 29.3 Å². The highest BCUT2D eigenvalue weighted by atomic mass is 16.4. The molecule has 0 spiro atoms. The summed E-state index contributed by atoms with van der Waals surface area (Å²) in [5.74, 6) is -1.10. The minimum Gasteiger partial charge on any atom is -0.478 e. The fourth-order valence-electron chi connectivity index (χ4n) is 3.21. The molecule has 0 unspecified atom stereocenters. The Balaban J connectivity index is 1.59. The average molecular weight is 381 g/mol. The first-order valence-corrected chi connectivity index (χ1v) is 9.28. The van der Waals surface area contributed by atoms with Gasteiger partial charge in [-0.25, -0.2) is 9.59 Å². The number of nitrogens with zero attached hydrogens (tertiary/aromatic N) is 1. The van der Waals surface area contributed by atoms with Gasteiger partial charge >= 0.3 is 12.0 Å². The maximum Gasteiger partial charge on any atom is 0.335 e. The Hall–Kier alpha value is -3.35. The van der Waals surface area contributed by atoms with Crippen molar-refractivity contribution < 1.29 is 19.5 Å². The zero-order valence-corrected chi connectivity index (χ0v) is 15.7. The standard InChI is InChI=1S/C21H23N3O4/c1-2-22-21(28)24-12-11-15-8-9-17(13-18(15)24)23-19(25)10-5-14-3-6-16(7-4-14)20(26)27/h3-4,6-9,13H,2,5,10-12H2,1H3,(H,22,28)(H,23,25)(H,26,27). The van der Waals surface area contributed by atoms with Gasteiger partial charge in [-0.3, -0.25) is 9.69 Å². The van der Waals surface area contributed by atoms with Crippen LogP contribution < -0.4 is 15.5 Å². The monoisotopic (exact) mass is 381 g/mol. The number of urea groups is 1. The number of aromatic carboxylic acids is 1. The number of fused-ring (bicyclic) bond motifs is 1. The summed E-state index contributed by atoms with van der Waals surface area (Å²) in [5.41, 5.74) is 3.69. The number of carboxylic acids is 1. The molecule has 0 saturated heterocycles. The lowest BCUT2D eigenvalue weighted by molar-refractivity contribution is -0.116. The van der Waals surface area contributed by atoms with E-state index in [1.54, 1.807) is 17.0 Å². The molecule has 7 nitrogen and oxygen atoms in total. The number of carboxylic acid groups (broad SMARTS) is 1. The molecule has 7 heteroatoms. The van der Waals surface area contributed by atoms with Crippen LogP contribution in [0.2, 0.25) is 0 Å². The van der Waals surface area contributed by atoms with E-state index in [9.17, 15) is 14.4 Å². The van der Waals surface area contributed by atoms with Gasteiger partial charge in [-0.05, 0) is 55.2 Å². The van der Waals surface area contributed by atoms with Gasteiger partial charge in [-0.2, -0.15) is 0 Å². The summed E-state index contributed by atoms with van der Waals surface area (Å²) in [5, 5.41) is 14.6. The van der Waals surface area contributed by atoms with Crippen molar-refractivity contribution in [3.8, 4) is 0 Å². The summed E-state index contributed by atoms with van der Waals surface area (Å²) < 4.78 is 0. The van der Waals surface area contributed by atoms with Gasteiger partial charge in [0.1, 0.15) is 0 Å². The largest absolute Gasteiger partial charge is 0.478 e. The molecule has 0 fully saturated rings. The first-order chi connectivity index (χ1) is 13.5. The van der Waals surface area contributed by atoms with E-state index in [-0.39, 0.29) is 23.9 Å². The number of nitrogens with one attached hydrogen (secondary N) is 2. The first kappa shape index (κ1) is 19.4. The third-order valence-electron chi connectivity index (χ3n) is 4.68. The minimum absolute atomic E-state index is 0.130. The third kappa shape index (κ3) is 4.49. The average Bonchev–Trinajstić information content (AvgIpc) is 3.10. The Morgan fingerprint density at radius 1 is 1.11 bits per heavy atom. The van der Waals surface area contributed by atoms with Crippen molar-refractivity contribution in [3.05, 3.63) is 59.2 Å². The van der Waals surface area contributed by atoms with Gasteiger partial charge in [0, 0.05) is 25.2 Å². The van der Waals surface area contributed by atoms with Gasteiger partial charge in [0.25, 0.3) is 0 Å². The highest BCUT2D eigenvalue weighted by molar-refractivity contribution is 5.96. The summed E-state index contributed by atoms with van der Waals surface area (Å²) in [6.45, 7) is 3.07. The van der Waals surface area contributed by atoms with E-state index in [4.69, 9.17) is 5.11 Å². The second-order valence-electron chi connectivity index (χ2n) is 6.63. The quantitative estimate of drug-likeness (QED) is 0.716. The number of hydrogen-bond acceptors (Lipinski definition) is 3. The number of amides is 3. The molecule has 3 rings (SSSR count). The SMILES string of the molecule is CCNC(=O)N1CCc2ccc(NC(=O)CCc3ccc(C(=O)O)cc3)cc21. The van der Waals surface area contributed by atoms with Crippen LogP contribution >= 0.6 is 0 Å². The predicted octanol–water partition coefficient (Wildman–Crippen LogP) is 3.05. The van der Waals surface area contributed by atoms with Crippen molar-refractivity contribution in [3.63, 3.8) is 0 Å². The third-order valence-corrected chi connectivity index (χ3v) is 4.68. The topological polar surface area (TPSA) is 98.7 Å². The minimum atomic E-state index is -0.970. The highest BCUT2D eigenvalue weighted by Gasteiger charge is 2.24. The number of benzene rings is 2. The van der Waals surface area contributed by atoms with E-state index in [1.165, 1.54) is 12.1 Å². The van der Waals surface area contributed by atoms with Crippen LogP contribution in [-0.4, -0.2) is 36.1 Å². The van der Waals surface area contributed by atoms with Crippen molar-refractivity contribution in [2.75, 3.05) is 23.3 Å². The lowest BCUT2D eigenvalue weighted by Gasteiger charge is -2.18. The summed E-state index contributed by atoms with van der Waals surface area (Å²) in [4.78, 5) is 37.0. The Morgan fingerprint density at radius 3 is 2.54 bits per heavy atom. The number of aryl methyl sites for hydroxylation is 1. The van der Waals surface area contributed by atoms with Gasteiger partial charge < -0.3 is 15.7 Å². The number of hydrogen-bond donors (Lipinski definition) is 3. The molecule has 1 aliphatic heterocycles. The number of anilines is 2. The molecule has 3 amide bonds. The molecule has 1 heterocycles. The van der Waals surface area contributed by atoms with Gasteiger partial charge in [-0.15, -0.1) is 0 Å². The Bertz CT molecular complexity index is 893. The van der Waals surface area contributed by atoms with Crippen molar-refractivity contribution in [2.45, 2.75) is 26.2 Å². The van der Waals surface area contributed by atoms with Gasteiger partial charge in [0.05, 0.1) is 11.3 Å². The fourth-order valence-corrected chi connectivity index (χ4v) is 3.21. The van der Waals surface area contributed by atoms with Crippen molar-refractivity contribution in [1.29, 1.82) is 0 Å². The molecule has 3 N–H and O–H groups in total. The molecule has 0 radical (unpaired) electrons. The van der Waals surface area contributed by atoms with Gasteiger partial charge in [0.2, 0.25) is 5.91 Å². The van der Waals surface area contributed by atoms with Crippen molar-refractivity contribution in [2.24, 2.45) is 0 Å². The molecule has 0 aliphatic carbocycles. The molecule has 28 heavy (non-hydrogen) atoms. The second-order valence-corrected chi connectivity index (χ2v) is 6.63. The van der Waals surface area contributed by atoms with Crippen LogP contribution in [0.15, 0.2) is 42.5 Å². The lowest BCUT2D eigenvalue weighted by Crippen LogP contribution is -2.38. The van der Waals surface area contributed by atoms with Crippen LogP contribution in [0.3, 0.4) is 0 Å². The summed E-state index contributed by atoms with van der Waals surface area (Å²) in [7, 11) is 0. The molecule has 0 bridgehead atoms. The van der Waals surface area contributed by atoms with Crippen molar-refractivity contribution in [1.82, 2.24) is 5.32 Å². The zero-order chi connectivity index (χ0) is 20.1. The lowest BCUT2D eigenvalue weighted by atomic mass is 10.1. The van der Waals surface area contributed by atoms with E-state index >= 15 is 0 Å². The molecule has 0 aromatic heterocycles. The van der Waals surface area contributed by atoms with Crippen LogP contribution in [0.25, 0.3) is 0 Å². The molecule has 2 aromatic rings. The van der Waals surface area contributed by atoms with E-state index in [0.29, 0.717) is 25.2 Å². The van der Waals surface area contributed by atoms with Gasteiger partial charge in [-0.1, -0.05) is 18.2 Å². The molecule has 2 aromatic carbocycles.